The van der Waals surface area contributed by atoms with Crippen molar-refractivity contribution in [2.24, 2.45) is 0 Å². The summed E-state index contributed by atoms with van der Waals surface area (Å²) in [6.07, 6.45) is 0. The number of piperazine rings is 1. The zero-order valence-electron chi connectivity index (χ0n) is 6.80. The zero-order chi connectivity index (χ0) is 7.40. The zero-order valence-corrected chi connectivity index (χ0v) is 6.80. The lowest BCUT2D eigenvalue weighted by atomic mass is 10.2. The summed E-state index contributed by atoms with van der Waals surface area (Å²) in [5, 5.41) is 7.60. The van der Waals surface area contributed by atoms with Crippen molar-refractivity contribution in [1.82, 2.24) is 15.5 Å². The summed E-state index contributed by atoms with van der Waals surface area (Å²) in [6.45, 7) is 4.26. The van der Waals surface area contributed by atoms with Crippen LogP contribution < -0.4 is 10.6 Å². The van der Waals surface area contributed by atoms with Gasteiger partial charge in [-0.15, -0.1) is 0 Å². The molecule has 1 rings (SSSR count). The van der Waals surface area contributed by atoms with E-state index in [9.17, 15) is 0 Å². The molecule has 10 heavy (non-hydrogen) atoms. The lowest BCUT2D eigenvalue weighted by molar-refractivity contribution is 0.233. The molecule has 3 heteroatoms. The van der Waals surface area contributed by atoms with Gasteiger partial charge in [0.2, 0.25) is 0 Å². The van der Waals surface area contributed by atoms with Gasteiger partial charge in [0.15, 0.2) is 0 Å². The van der Waals surface area contributed by atoms with E-state index in [4.69, 9.17) is 0 Å². The number of hydrogen-bond donors (Lipinski definition) is 1. The van der Waals surface area contributed by atoms with Crippen molar-refractivity contribution in [3.05, 3.63) is 0 Å². The van der Waals surface area contributed by atoms with Crippen molar-refractivity contribution in [3.8, 4) is 0 Å². The molecule has 3 nitrogen and oxygen atoms in total. The molecule has 1 saturated heterocycles. The average Bonchev–Trinajstić information content (AvgIpc) is 1.88. The predicted molar refractivity (Wildman–Crippen MR) is 42.2 cm³/mol. The lowest BCUT2D eigenvalue weighted by Crippen LogP contribution is -2.48. The van der Waals surface area contributed by atoms with Crippen LogP contribution in [0.25, 0.3) is 0 Å². The molecule has 0 aromatic heterocycles. The first-order chi connectivity index (χ1) is 4.83. The van der Waals surface area contributed by atoms with Gasteiger partial charge >= 0.3 is 0 Å². The molecule has 1 N–H and O–H groups in total. The van der Waals surface area contributed by atoms with Crippen LogP contribution in [0.2, 0.25) is 0 Å². The van der Waals surface area contributed by atoms with Gasteiger partial charge < -0.3 is 10.2 Å². The fourth-order valence-corrected chi connectivity index (χ4v) is 1.28. The Bertz CT molecular complexity index is 92.9. The van der Waals surface area contributed by atoms with Crippen molar-refractivity contribution in [2.45, 2.75) is 6.04 Å². The van der Waals surface area contributed by atoms with Crippen LogP contribution in [0, 0.1) is 0 Å². The Labute approximate surface area is 62.8 Å². The standard InChI is InChI=1S/C7H16N3/c1-8-5-7-6-10(2)4-3-9-7/h7-8H,3-6H2,1-2H3. The predicted octanol–water partition coefficient (Wildman–Crippen LogP) is -0.876. The smallest absolute Gasteiger partial charge is 0.0498 e. The maximum atomic E-state index is 4.47. The number of rotatable bonds is 2. The summed E-state index contributed by atoms with van der Waals surface area (Å²) in [7, 11) is 4.13. The first-order valence-electron chi connectivity index (χ1n) is 3.82. The van der Waals surface area contributed by atoms with Gasteiger partial charge in [-0.05, 0) is 14.1 Å². The van der Waals surface area contributed by atoms with E-state index >= 15 is 0 Å². The summed E-state index contributed by atoms with van der Waals surface area (Å²) in [6, 6.07) is 0.517. The molecule has 0 spiro atoms. The van der Waals surface area contributed by atoms with E-state index in [1.54, 1.807) is 0 Å². The fraction of sp³-hybridized carbons (Fsp3) is 1.00. The molecule has 1 radical (unpaired) electrons. The quantitative estimate of drug-likeness (QED) is 0.543. The third kappa shape index (κ3) is 2.25. The van der Waals surface area contributed by atoms with Gasteiger partial charge in [0.05, 0.1) is 0 Å². The monoisotopic (exact) mass is 142 g/mol. The van der Waals surface area contributed by atoms with Gasteiger partial charge in [-0.3, -0.25) is 0 Å². The molecule has 0 saturated carbocycles. The number of likely N-dealkylation sites (N-methyl/N-ethyl adjacent to an activating group) is 2. The largest absolute Gasteiger partial charge is 0.318 e. The van der Waals surface area contributed by atoms with E-state index < -0.39 is 0 Å². The first-order valence-corrected chi connectivity index (χ1v) is 3.82. The Kier molecular flexibility index (Phi) is 3.12. The SMILES string of the molecule is CNCC1CN(C)CC[N]1. The van der Waals surface area contributed by atoms with Gasteiger partial charge in [0.1, 0.15) is 0 Å². The van der Waals surface area contributed by atoms with Crippen LogP contribution in [0.3, 0.4) is 0 Å². The van der Waals surface area contributed by atoms with Crippen LogP contribution in [-0.4, -0.2) is 51.2 Å². The Morgan fingerprint density at radius 1 is 1.70 bits per heavy atom. The minimum Gasteiger partial charge on any atom is -0.318 e. The van der Waals surface area contributed by atoms with Crippen LogP contribution in [0.15, 0.2) is 0 Å². The van der Waals surface area contributed by atoms with Crippen LogP contribution in [-0.2, 0) is 0 Å². The molecule has 0 bridgehead atoms. The molecule has 0 aliphatic carbocycles. The van der Waals surface area contributed by atoms with Crippen molar-refractivity contribution in [1.29, 1.82) is 0 Å². The second-order valence-corrected chi connectivity index (χ2v) is 2.88. The van der Waals surface area contributed by atoms with Gasteiger partial charge in [-0.25, -0.2) is 5.32 Å². The molecular weight excluding hydrogens is 126 g/mol. The van der Waals surface area contributed by atoms with E-state index in [1.807, 2.05) is 7.05 Å². The average molecular weight is 142 g/mol. The highest BCUT2D eigenvalue weighted by molar-refractivity contribution is 4.77. The maximum absolute atomic E-state index is 4.47. The molecule has 59 valence electrons. The van der Waals surface area contributed by atoms with Gasteiger partial charge in [0.25, 0.3) is 0 Å². The molecule has 1 aliphatic heterocycles. The normalized spacial score (nSPS) is 28.8. The number of hydrogen-bond acceptors (Lipinski definition) is 2. The van der Waals surface area contributed by atoms with Crippen molar-refractivity contribution >= 4 is 0 Å². The Hall–Kier alpha value is -0.120. The second-order valence-electron chi connectivity index (χ2n) is 2.88. The Balaban J connectivity index is 2.18. The molecule has 1 heterocycles. The molecule has 1 aliphatic rings. The van der Waals surface area contributed by atoms with Crippen molar-refractivity contribution in [3.63, 3.8) is 0 Å². The van der Waals surface area contributed by atoms with Gasteiger partial charge in [0, 0.05) is 32.2 Å². The van der Waals surface area contributed by atoms with Gasteiger partial charge in [-0.1, -0.05) is 0 Å². The van der Waals surface area contributed by atoms with E-state index in [-0.39, 0.29) is 0 Å². The topological polar surface area (TPSA) is 29.4 Å². The number of nitrogens with zero attached hydrogens (tertiary/aromatic N) is 2. The highest BCUT2D eigenvalue weighted by Gasteiger charge is 2.15. The summed E-state index contributed by atoms with van der Waals surface area (Å²) < 4.78 is 0. The minimum absolute atomic E-state index is 0.517. The van der Waals surface area contributed by atoms with E-state index in [2.05, 4.69) is 22.6 Å². The summed E-state index contributed by atoms with van der Waals surface area (Å²) in [4.78, 5) is 2.33. The molecule has 0 aromatic rings. The van der Waals surface area contributed by atoms with Crippen LogP contribution in [0.4, 0.5) is 0 Å². The van der Waals surface area contributed by atoms with Crippen LogP contribution >= 0.6 is 0 Å². The number of nitrogens with one attached hydrogen (secondary N) is 1. The second kappa shape index (κ2) is 3.91. The van der Waals surface area contributed by atoms with E-state index in [0.717, 1.165) is 26.2 Å². The maximum Gasteiger partial charge on any atom is 0.0498 e. The summed E-state index contributed by atoms with van der Waals surface area (Å²) in [5.41, 5.74) is 0. The highest BCUT2D eigenvalue weighted by Crippen LogP contribution is 1.95. The molecule has 1 unspecified atom stereocenters. The highest BCUT2D eigenvalue weighted by atomic mass is 15.2. The molecule has 1 atom stereocenters. The molecule has 0 aromatic carbocycles. The summed E-state index contributed by atoms with van der Waals surface area (Å²) in [5.74, 6) is 0. The van der Waals surface area contributed by atoms with Crippen molar-refractivity contribution < 1.29 is 0 Å². The third-order valence-electron chi connectivity index (χ3n) is 1.83. The lowest BCUT2D eigenvalue weighted by Gasteiger charge is -2.29. The molecule has 1 fully saturated rings. The van der Waals surface area contributed by atoms with Gasteiger partial charge in [-0.2, -0.15) is 0 Å². The molecular formula is C7H16N3. The molecule has 0 amide bonds. The van der Waals surface area contributed by atoms with Crippen LogP contribution in [0.1, 0.15) is 0 Å². The minimum atomic E-state index is 0.517. The Morgan fingerprint density at radius 2 is 2.50 bits per heavy atom. The third-order valence-corrected chi connectivity index (χ3v) is 1.83. The Morgan fingerprint density at radius 3 is 3.10 bits per heavy atom. The van der Waals surface area contributed by atoms with Crippen LogP contribution in [0.5, 0.6) is 0 Å². The summed E-state index contributed by atoms with van der Waals surface area (Å²) >= 11 is 0. The van der Waals surface area contributed by atoms with Crippen molar-refractivity contribution in [2.75, 3.05) is 40.3 Å². The first kappa shape index (κ1) is 7.98. The van der Waals surface area contributed by atoms with E-state index in [1.165, 1.54) is 0 Å². The van der Waals surface area contributed by atoms with E-state index in [0.29, 0.717) is 6.04 Å². The fourth-order valence-electron chi connectivity index (χ4n) is 1.28.